The predicted molar refractivity (Wildman–Crippen MR) is 137 cm³/mol. The first kappa shape index (κ1) is 23.0. The van der Waals surface area contributed by atoms with Crippen molar-refractivity contribution < 1.29 is 22.4 Å². The number of phenolic OH excluding ortho intramolecular Hbond substituents is 1. The Morgan fingerprint density at radius 2 is 1.61 bits per heavy atom. The fraction of sp³-hybridized carbons (Fsp3) is 0.154. The second kappa shape index (κ2) is 8.88. The molecule has 2 aliphatic heterocycles. The molecule has 3 atom stereocenters. The minimum Gasteiger partial charge on any atom is -0.508 e. The molecule has 0 aliphatic carbocycles. The quantitative estimate of drug-likeness (QED) is 0.341. The van der Waals surface area contributed by atoms with Crippen molar-refractivity contribution in [3.63, 3.8) is 0 Å². The molecule has 1 saturated heterocycles. The van der Waals surface area contributed by atoms with E-state index in [0.717, 1.165) is 32.4 Å². The first-order chi connectivity index (χ1) is 17.4. The van der Waals surface area contributed by atoms with E-state index in [1.807, 2.05) is 36.4 Å². The van der Waals surface area contributed by atoms with Crippen LogP contribution >= 0.6 is 15.9 Å². The summed E-state index contributed by atoms with van der Waals surface area (Å²) in [6.07, 6.45) is 2.23. The summed E-state index contributed by atoms with van der Waals surface area (Å²) in [7, 11) is -3.99. The van der Waals surface area contributed by atoms with Crippen LogP contribution in [0.3, 0.4) is 0 Å². The summed E-state index contributed by atoms with van der Waals surface area (Å²) in [6.45, 7) is 0. The van der Waals surface area contributed by atoms with Crippen LogP contribution in [0, 0.1) is 0 Å². The molecule has 0 saturated carbocycles. The molecule has 1 aromatic heterocycles. The van der Waals surface area contributed by atoms with Gasteiger partial charge in [0.1, 0.15) is 35.5 Å². The number of aromatic hydroxyl groups is 1. The third-order valence-electron chi connectivity index (χ3n) is 6.43. The molecule has 10 heteroatoms. The molecule has 182 valence electrons. The summed E-state index contributed by atoms with van der Waals surface area (Å²) >= 11 is 3.35. The van der Waals surface area contributed by atoms with Gasteiger partial charge in [0.25, 0.3) is 0 Å². The van der Waals surface area contributed by atoms with Crippen molar-refractivity contribution in [3.8, 4) is 17.2 Å². The maximum atomic E-state index is 13.4. The Labute approximate surface area is 216 Å². The molecule has 2 bridgehead atoms. The fourth-order valence-electron chi connectivity index (χ4n) is 4.81. The molecule has 8 nitrogen and oxygen atoms in total. The molecule has 1 unspecified atom stereocenters. The van der Waals surface area contributed by atoms with Gasteiger partial charge >= 0.3 is 10.1 Å². The van der Waals surface area contributed by atoms with Crippen LogP contribution in [0.25, 0.3) is 16.8 Å². The van der Waals surface area contributed by atoms with E-state index in [9.17, 15) is 13.5 Å². The van der Waals surface area contributed by atoms with Crippen LogP contribution in [-0.4, -0.2) is 45.7 Å². The van der Waals surface area contributed by atoms with Gasteiger partial charge in [0.05, 0.1) is 11.8 Å². The highest BCUT2D eigenvalue weighted by Crippen LogP contribution is 2.51. The van der Waals surface area contributed by atoms with Crippen LogP contribution in [-0.2, 0) is 14.9 Å². The first-order valence-electron chi connectivity index (χ1n) is 11.2. The Kier molecular flexibility index (Phi) is 5.66. The van der Waals surface area contributed by atoms with E-state index in [1.54, 1.807) is 47.4 Å². The van der Waals surface area contributed by atoms with Gasteiger partial charge in [-0.2, -0.15) is 13.5 Å². The van der Waals surface area contributed by atoms with Gasteiger partial charge in [-0.15, -0.1) is 0 Å². The average molecular weight is 566 g/mol. The zero-order valence-corrected chi connectivity index (χ0v) is 21.1. The Hall–Kier alpha value is -3.47. The zero-order valence-electron chi connectivity index (χ0n) is 18.7. The Bertz CT molecular complexity index is 1530. The summed E-state index contributed by atoms with van der Waals surface area (Å²) in [5.41, 5.74) is 4.27. The molecule has 1 N–H and O–H groups in total. The Balaban J connectivity index is 1.40. The molecule has 3 aromatic carbocycles. The van der Waals surface area contributed by atoms with Crippen molar-refractivity contribution in [2.24, 2.45) is 0 Å². The van der Waals surface area contributed by atoms with E-state index in [0.29, 0.717) is 0 Å². The number of nitrogens with zero attached hydrogens (tertiary/aromatic N) is 3. The number of aromatic nitrogens is 3. The highest BCUT2D eigenvalue weighted by Gasteiger charge is 2.53. The molecule has 0 spiro atoms. The molecule has 0 radical (unpaired) electrons. The second-order valence-electron chi connectivity index (χ2n) is 8.61. The summed E-state index contributed by atoms with van der Waals surface area (Å²) in [4.78, 5) is 3.98. The Morgan fingerprint density at radius 1 is 0.944 bits per heavy atom. The van der Waals surface area contributed by atoms with Gasteiger partial charge in [0.2, 0.25) is 0 Å². The molecule has 3 heterocycles. The maximum absolute atomic E-state index is 13.4. The highest BCUT2D eigenvalue weighted by molar-refractivity contribution is 9.10. The van der Waals surface area contributed by atoms with Gasteiger partial charge < -0.3 is 14.0 Å². The van der Waals surface area contributed by atoms with Crippen LogP contribution in [0.2, 0.25) is 0 Å². The zero-order chi connectivity index (χ0) is 24.9. The van der Waals surface area contributed by atoms with E-state index < -0.39 is 27.6 Å². The normalized spacial score (nSPS) is 21.2. The minimum absolute atomic E-state index is 0.158. The molecule has 6 rings (SSSR count). The predicted octanol–water partition coefficient (Wildman–Crippen LogP) is 4.59. The van der Waals surface area contributed by atoms with Gasteiger partial charge in [-0.1, -0.05) is 40.2 Å². The van der Waals surface area contributed by atoms with Crippen LogP contribution in [0.4, 0.5) is 0 Å². The molecule has 4 aromatic rings. The third kappa shape index (κ3) is 4.11. The number of hydrogen-bond donors (Lipinski definition) is 1. The molecule has 1 fully saturated rings. The number of benzene rings is 3. The standard InChI is InChI=1S/C26H20BrN3O5S/c27-18-5-11-21(12-6-18)35-36(32,33)23-13-22-24(16-3-9-20(31)10-4-16)25(26(23)34-22)17-1-7-19(8-2-17)30-15-28-14-29-30/h1-12,14-15,22-23,26,31H,13H2/t22-,23?,26+/m1/s1. The van der Waals surface area contributed by atoms with E-state index in [-0.39, 0.29) is 17.9 Å². The van der Waals surface area contributed by atoms with Gasteiger partial charge in [-0.25, -0.2) is 9.67 Å². The van der Waals surface area contributed by atoms with Crippen LogP contribution in [0.15, 0.2) is 89.9 Å². The van der Waals surface area contributed by atoms with Gasteiger partial charge in [0.15, 0.2) is 0 Å². The number of fused-ring (bicyclic) bond motifs is 2. The van der Waals surface area contributed by atoms with Crippen molar-refractivity contribution in [2.75, 3.05) is 0 Å². The van der Waals surface area contributed by atoms with E-state index >= 15 is 0 Å². The number of rotatable bonds is 6. The van der Waals surface area contributed by atoms with Gasteiger partial charge in [-0.05, 0) is 70.8 Å². The summed E-state index contributed by atoms with van der Waals surface area (Å²) in [5.74, 6) is 0.410. The van der Waals surface area contributed by atoms with Crippen molar-refractivity contribution in [3.05, 3.63) is 101 Å². The third-order valence-corrected chi connectivity index (χ3v) is 8.56. The number of phenols is 1. The maximum Gasteiger partial charge on any atom is 0.315 e. The van der Waals surface area contributed by atoms with E-state index in [2.05, 4.69) is 26.0 Å². The van der Waals surface area contributed by atoms with Crippen molar-refractivity contribution in [1.29, 1.82) is 0 Å². The largest absolute Gasteiger partial charge is 0.508 e. The summed E-state index contributed by atoms with van der Waals surface area (Å²) in [5, 5.41) is 13.1. The summed E-state index contributed by atoms with van der Waals surface area (Å²) < 4.78 is 41.0. The number of ether oxygens (including phenoxy) is 1. The lowest BCUT2D eigenvalue weighted by Gasteiger charge is -2.24. The van der Waals surface area contributed by atoms with Crippen LogP contribution in [0.5, 0.6) is 11.5 Å². The van der Waals surface area contributed by atoms with E-state index in [4.69, 9.17) is 8.92 Å². The SMILES string of the molecule is O=S(=O)(Oc1ccc(Br)cc1)C1C[C@H]2O[C@@H]1C(c1ccc(-n3cncn3)cc1)=C2c1ccc(O)cc1. The minimum atomic E-state index is -3.99. The highest BCUT2D eigenvalue weighted by atomic mass is 79.9. The van der Waals surface area contributed by atoms with Crippen molar-refractivity contribution >= 4 is 37.2 Å². The first-order valence-corrected chi connectivity index (χ1v) is 13.5. The molecule has 36 heavy (non-hydrogen) atoms. The fourth-order valence-corrected chi connectivity index (χ4v) is 6.49. The van der Waals surface area contributed by atoms with Crippen LogP contribution in [0.1, 0.15) is 17.5 Å². The lowest BCUT2D eigenvalue weighted by Crippen LogP contribution is -2.35. The van der Waals surface area contributed by atoms with Crippen molar-refractivity contribution in [2.45, 2.75) is 23.9 Å². The molecule has 0 amide bonds. The number of halogens is 1. The molecular weight excluding hydrogens is 546 g/mol. The van der Waals surface area contributed by atoms with Crippen molar-refractivity contribution in [1.82, 2.24) is 14.8 Å². The molecular formula is C26H20BrN3O5S. The van der Waals surface area contributed by atoms with Gasteiger partial charge in [0, 0.05) is 10.9 Å². The number of hydrogen-bond acceptors (Lipinski definition) is 7. The lowest BCUT2D eigenvalue weighted by molar-refractivity contribution is 0.128. The Morgan fingerprint density at radius 3 is 2.28 bits per heavy atom. The second-order valence-corrected chi connectivity index (χ2v) is 11.3. The van der Waals surface area contributed by atoms with Crippen LogP contribution < -0.4 is 4.18 Å². The van der Waals surface area contributed by atoms with Gasteiger partial charge in [-0.3, -0.25) is 0 Å². The average Bonchev–Trinajstić information content (AvgIpc) is 3.63. The lowest BCUT2D eigenvalue weighted by atomic mass is 9.83. The monoisotopic (exact) mass is 565 g/mol. The van der Waals surface area contributed by atoms with E-state index in [1.165, 1.54) is 6.33 Å². The smallest absolute Gasteiger partial charge is 0.315 e. The topological polar surface area (TPSA) is 104 Å². The molecule has 2 aliphatic rings. The summed E-state index contributed by atoms with van der Waals surface area (Å²) in [6, 6.07) is 21.2.